The number of hydrogen-bond acceptors (Lipinski definition) is 1. The molecule has 90 valence electrons. The van der Waals surface area contributed by atoms with E-state index in [2.05, 4.69) is 0 Å². The van der Waals surface area contributed by atoms with Crippen molar-refractivity contribution in [3.63, 3.8) is 0 Å². The molecule has 0 saturated heterocycles. The van der Waals surface area contributed by atoms with Gasteiger partial charge in [-0.1, -0.05) is 12.1 Å². The normalized spacial score (nSPS) is 34.4. The Balaban J connectivity index is 1.81. The summed E-state index contributed by atoms with van der Waals surface area (Å²) in [5, 5.41) is 9.44. The Hall–Kier alpha value is -1.38. The minimum absolute atomic E-state index is 0.271. The van der Waals surface area contributed by atoms with Gasteiger partial charge in [-0.2, -0.15) is 0 Å². The smallest absolute Gasteiger partial charge is 0.309 e. The Bertz CT molecular complexity index is 442. The summed E-state index contributed by atoms with van der Waals surface area (Å²) in [5.74, 6) is 0.305. The number of aliphatic carboxylic acids is 1. The van der Waals surface area contributed by atoms with Gasteiger partial charge < -0.3 is 5.11 Å². The van der Waals surface area contributed by atoms with Crippen molar-refractivity contribution in [2.75, 3.05) is 0 Å². The number of halogens is 1. The molecule has 17 heavy (non-hydrogen) atoms. The number of benzene rings is 1. The fourth-order valence-electron chi connectivity index (χ4n) is 3.28. The predicted octanol–water partition coefficient (Wildman–Crippen LogP) is 2.87. The maximum Gasteiger partial charge on any atom is 0.309 e. The highest BCUT2D eigenvalue weighted by Gasteiger charge is 2.57. The molecule has 2 aliphatic carbocycles. The third kappa shape index (κ3) is 1.84. The zero-order valence-corrected chi connectivity index (χ0v) is 9.53. The summed E-state index contributed by atoms with van der Waals surface area (Å²) >= 11 is 0. The molecule has 0 bridgehead atoms. The van der Waals surface area contributed by atoms with Gasteiger partial charge in [0.15, 0.2) is 0 Å². The summed E-state index contributed by atoms with van der Waals surface area (Å²) in [6.45, 7) is 0. The van der Waals surface area contributed by atoms with Crippen LogP contribution in [0.1, 0.15) is 24.8 Å². The first kappa shape index (κ1) is 10.8. The van der Waals surface area contributed by atoms with Crippen molar-refractivity contribution in [2.24, 2.45) is 17.3 Å². The Morgan fingerprint density at radius 2 is 1.88 bits per heavy atom. The van der Waals surface area contributed by atoms with Crippen LogP contribution in [0.25, 0.3) is 0 Å². The van der Waals surface area contributed by atoms with Gasteiger partial charge in [-0.05, 0) is 55.2 Å². The molecule has 0 aliphatic heterocycles. The lowest BCUT2D eigenvalue weighted by Crippen LogP contribution is -2.31. The summed E-state index contributed by atoms with van der Waals surface area (Å²) in [5.41, 5.74) is 0.334. The van der Waals surface area contributed by atoms with Crippen molar-refractivity contribution in [1.82, 2.24) is 0 Å². The monoisotopic (exact) mass is 234 g/mol. The zero-order chi connectivity index (χ0) is 12.0. The van der Waals surface area contributed by atoms with E-state index < -0.39 is 11.4 Å². The van der Waals surface area contributed by atoms with E-state index in [1.54, 1.807) is 12.1 Å². The van der Waals surface area contributed by atoms with Crippen molar-refractivity contribution in [1.29, 1.82) is 0 Å². The van der Waals surface area contributed by atoms with Gasteiger partial charge in [0.1, 0.15) is 5.82 Å². The SMILES string of the molecule is O=C(O)C1(Cc2ccc(F)cc2)CC2CC2C1. The summed E-state index contributed by atoms with van der Waals surface area (Å²) in [6.07, 6.45) is 3.34. The molecule has 0 amide bonds. The van der Waals surface area contributed by atoms with Crippen molar-refractivity contribution < 1.29 is 14.3 Å². The molecule has 1 aromatic rings. The minimum Gasteiger partial charge on any atom is -0.481 e. The van der Waals surface area contributed by atoms with Crippen molar-refractivity contribution in [3.8, 4) is 0 Å². The van der Waals surface area contributed by atoms with E-state index in [0.717, 1.165) is 18.4 Å². The average Bonchev–Trinajstić information content (AvgIpc) is 2.90. The lowest BCUT2D eigenvalue weighted by atomic mass is 9.77. The van der Waals surface area contributed by atoms with Crippen molar-refractivity contribution >= 4 is 5.97 Å². The molecule has 1 aromatic carbocycles. The quantitative estimate of drug-likeness (QED) is 0.873. The Labute approximate surface area is 99.5 Å². The molecule has 3 rings (SSSR count). The zero-order valence-electron chi connectivity index (χ0n) is 9.53. The molecule has 0 aromatic heterocycles. The molecule has 2 unspecified atom stereocenters. The second kappa shape index (κ2) is 3.56. The van der Waals surface area contributed by atoms with Crippen LogP contribution in [0.2, 0.25) is 0 Å². The first-order chi connectivity index (χ1) is 8.09. The van der Waals surface area contributed by atoms with E-state index in [1.165, 1.54) is 18.6 Å². The second-order valence-corrected chi connectivity index (χ2v) is 5.55. The molecule has 2 saturated carbocycles. The summed E-state index contributed by atoms with van der Waals surface area (Å²) in [4.78, 5) is 11.5. The Morgan fingerprint density at radius 3 is 2.41 bits per heavy atom. The van der Waals surface area contributed by atoms with Gasteiger partial charge in [0.05, 0.1) is 5.41 Å². The molecule has 0 radical (unpaired) electrons. The van der Waals surface area contributed by atoms with E-state index >= 15 is 0 Å². The molecule has 3 heteroatoms. The third-order valence-corrected chi connectivity index (χ3v) is 4.28. The predicted molar refractivity (Wildman–Crippen MR) is 61.0 cm³/mol. The van der Waals surface area contributed by atoms with Crippen LogP contribution in [0.3, 0.4) is 0 Å². The number of rotatable bonds is 3. The minimum atomic E-state index is -0.686. The molecule has 2 fully saturated rings. The highest BCUT2D eigenvalue weighted by atomic mass is 19.1. The fraction of sp³-hybridized carbons (Fsp3) is 0.500. The van der Waals surface area contributed by atoms with Crippen molar-refractivity contribution in [2.45, 2.75) is 25.7 Å². The summed E-state index contributed by atoms with van der Waals surface area (Å²) in [7, 11) is 0. The molecule has 2 nitrogen and oxygen atoms in total. The van der Waals surface area contributed by atoms with Crippen LogP contribution in [-0.2, 0) is 11.2 Å². The maximum absolute atomic E-state index is 12.8. The number of fused-ring (bicyclic) bond motifs is 1. The summed E-state index contributed by atoms with van der Waals surface area (Å²) < 4.78 is 12.8. The van der Waals surface area contributed by atoms with Gasteiger partial charge in [-0.25, -0.2) is 4.39 Å². The molecule has 2 atom stereocenters. The lowest BCUT2D eigenvalue weighted by molar-refractivity contribution is -0.149. The standard InChI is InChI=1S/C14H15FO2/c15-12-3-1-9(2-4-12)6-14(13(16)17)7-10-5-11(10)8-14/h1-4,10-11H,5-8H2,(H,16,17). The largest absolute Gasteiger partial charge is 0.481 e. The van der Waals surface area contributed by atoms with E-state index in [-0.39, 0.29) is 5.82 Å². The van der Waals surface area contributed by atoms with Crippen LogP contribution >= 0.6 is 0 Å². The van der Waals surface area contributed by atoms with E-state index in [1.807, 2.05) is 0 Å². The van der Waals surface area contributed by atoms with E-state index in [4.69, 9.17) is 0 Å². The fourth-order valence-corrected chi connectivity index (χ4v) is 3.28. The number of hydrogen-bond donors (Lipinski definition) is 1. The highest BCUT2D eigenvalue weighted by molar-refractivity contribution is 5.76. The number of carbonyl (C=O) groups is 1. The van der Waals surface area contributed by atoms with Crippen LogP contribution in [0.4, 0.5) is 4.39 Å². The van der Waals surface area contributed by atoms with Crippen molar-refractivity contribution in [3.05, 3.63) is 35.6 Å². The van der Waals surface area contributed by atoms with Crippen LogP contribution in [0.5, 0.6) is 0 Å². The lowest BCUT2D eigenvalue weighted by Gasteiger charge is -2.26. The van der Waals surface area contributed by atoms with Gasteiger partial charge >= 0.3 is 5.97 Å². The molecule has 0 heterocycles. The topological polar surface area (TPSA) is 37.3 Å². The number of carboxylic acids is 1. The molecular formula is C14H15FO2. The average molecular weight is 234 g/mol. The van der Waals surface area contributed by atoms with Gasteiger partial charge in [-0.15, -0.1) is 0 Å². The number of carboxylic acid groups (broad SMARTS) is 1. The van der Waals surface area contributed by atoms with Crippen LogP contribution in [-0.4, -0.2) is 11.1 Å². The van der Waals surface area contributed by atoms with E-state index in [0.29, 0.717) is 18.3 Å². The summed E-state index contributed by atoms with van der Waals surface area (Å²) in [6, 6.07) is 6.20. The van der Waals surface area contributed by atoms with E-state index in [9.17, 15) is 14.3 Å². The van der Waals surface area contributed by atoms with Crippen LogP contribution in [0, 0.1) is 23.1 Å². The molecule has 0 spiro atoms. The van der Waals surface area contributed by atoms with Crippen LogP contribution in [0.15, 0.2) is 24.3 Å². The maximum atomic E-state index is 12.8. The molecular weight excluding hydrogens is 219 g/mol. The molecule has 1 N–H and O–H groups in total. The Morgan fingerprint density at radius 1 is 1.29 bits per heavy atom. The van der Waals surface area contributed by atoms with Crippen LogP contribution < -0.4 is 0 Å². The highest BCUT2D eigenvalue weighted by Crippen LogP contribution is 2.60. The second-order valence-electron chi connectivity index (χ2n) is 5.55. The Kier molecular flexibility index (Phi) is 2.25. The van der Waals surface area contributed by atoms with Gasteiger partial charge in [0, 0.05) is 0 Å². The third-order valence-electron chi connectivity index (χ3n) is 4.28. The first-order valence-electron chi connectivity index (χ1n) is 6.07. The van der Waals surface area contributed by atoms with Gasteiger partial charge in [0.2, 0.25) is 0 Å². The van der Waals surface area contributed by atoms with Gasteiger partial charge in [0.25, 0.3) is 0 Å². The first-order valence-corrected chi connectivity index (χ1v) is 6.07. The van der Waals surface area contributed by atoms with Gasteiger partial charge in [-0.3, -0.25) is 4.79 Å². The molecule has 2 aliphatic rings.